The Morgan fingerprint density at radius 2 is 1.55 bits per heavy atom. The zero-order valence-electron chi connectivity index (χ0n) is 13.0. The van der Waals surface area contributed by atoms with E-state index in [2.05, 4.69) is 15.6 Å². The van der Waals surface area contributed by atoms with Gasteiger partial charge in [0.15, 0.2) is 12.5 Å². The Balaban J connectivity index is 1.92. The average Bonchev–Trinajstić information content (AvgIpc) is 2.86. The molecule has 0 radical (unpaired) electrons. The summed E-state index contributed by atoms with van der Waals surface area (Å²) in [4.78, 5) is 28.1. The molecular formula is C15H19N3O4. The van der Waals surface area contributed by atoms with E-state index in [0.717, 1.165) is 0 Å². The summed E-state index contributed by atoms with van der Waals surface area (Å²) in [7, 11) is 0. The van der Waals surface area contributed by atoms with Crippen LogP contribution in [0, 0.1) is 0 Å². The SMILES string of the molecule is CC1(C)OC(c2cccnc2C2NC(=O)C(C)(C)O2)NC1=O. The van der Waals surface area contributed by atoms with E-state index in [9.17, 15) is 9.59 Å². The number of hydrogen-bond donors (Lipinski definition) is 2. The van der Waals surface area contributed by atoms with Crippen LogP contribution in [-0.4, -0.2) is 28.0 Å². The second-order valence-corrected chi connectivity index (χ2v) is 6.44. The minimum absolute atomic E-state index is 0.191. The molecule has 2 unspecified atom stereocenters. The minimum Gasteiger partial charge on any atom is -0.338 e. The van der Waals surface area contributed by atoms with Crippen LogP contribution < -0.4 is 10.6 Å². The van der Waals surface area contributed by atoms with Crippen molar-refractivity contribution in [1.82, 2.24) is 15.6 Å². The molecule has 0 bridgehead atoms. The number of nitrogens with one attached hydrogen (secondary N) is 2. The maximum absolute atomic E-state index is 11.9. The zero-order valence-corrected chi connectivity index (χ0v) is 13.0. The van der Waals surface area contributed by atoms with Crippen LogP contribution in [0.4, 0.5) is 0 Å². The molecule has 118 valence electrons. The fourth-order valence-electron chi connectivity index (χ4n) is 2.48. The number of hydrogen-bond acceptors (Lipinski definition) is 5. The Morgan fingerprint density at radius 1 is 1.00 bits per heavy atom. The van der Waals surface area contributed by atoms with Gasteiger partial charge in [0.25, 0.3) is 11.8 Å². The smallest absolute Gasteiger partial charge is 0.254 e. The predicted molar refractivity (Wildman–Crippen MR) is 76.3 cm³/mol. The second kappa shape index (κ2) is 4.76. The first-order chi connectivity index (χ1) is 10.2. The van der Waals surface area contributed by atoms with Crippen LogP contribution in [0.1, 0.15) is 51.4 Å². The lowest BCUT2D eigenvalue weighted by molar-refractivity contribution is -0.131. The van der Waals surface area contributed by atoms with Gasteiger partial charge in [-0.05, 0) is 33.8 Å². The summed E-state index contributed by atoms with van der Waals surface area (Å²) in [6, 6.07) is 3.55. The van der Waals surface area contributed by atoms with Crippen LogP contribution in [-0.2, 0) is 19.1 Å². The molecule has 22 heavy (non-hydrogen) atoms. The molecule has 0 aromatic carbocycles. The van der Waals surface area contributed by atoms with Crippen molar-refractivity contribution >= 4 is 11.8 Å². The summed E-state index contributed by atoms with van der Waals surface area (Å²) < 4.78 is 11.5. The number of rotatable bonds is 2. The fourth-order valence-corrected chi connectivity index (χ4v) is 2.48. The van der Waals surface area contributed by atoms with Gasteiger partial charge in [-0.1, -0.05) is 6.07 Å². The molecular weight excluding hydrogens is 286 g/mol. The molecule has 2 amide bonds. The lowest BCUT2D eigenvalue weighted by atomic mass is 10.1. The van der Waals surface area contributed by atoms with Crippen LogP contribution >= 0.6 is 0 Å². The molecule has 1 aromatic heterocycles. The molecule has 2 aliphatic heterocycles. The summed E-state index contributed by atoms with van der Waals surface area (Å²) in [6.07, 6.45) is 0.333. The Kier molecular flexibility index (Phi) is 3.23. The van der Waals surface area contributed by atoms with Crippen LogP contribution in [0.25, 0.3) is 0 Å². The summed E-state index contributed by atoms with van der Waals surface area (Å²) in [5.41, 5.74) is -0.621. The van der Waals surface area contributed by atoms with E-state index in [0.29, 0.717) is 11.3 Å². The van der Waals surface area contributed by atoms with Gasteiger partial charge in [0.1, 0.15) is 11.2 Å². The number of pyridine rings is 1. The highest BCUT2D eigenvalue weighted by Crippen LogP contribution is 2.35. The highest BCUT2D eigenvalue weighted by molar-refractivity contribution is 5.87. The highest BCUT2D eigenvalue weighted by Gasteiger charge is 2.45. The van der Waals surface area contributed by atoms with E-state index in [1.165, 1.54) is 0 Å². The van der Waals surface area contributed by atoms with E-state index >= 15 is 0 Å². The largest absolute Gasteiger partial charge is 0.338 e. The number of carbonyl (C=O) groups is 2. The molecule has 2 fully saturated rings. The minimum atomic E-state index is -0.918. The topological polar surface area (TPSA) is 89.6 Å². The van der Waals surface area contributed by atoms with Crippen LogP contribution in [0.5, 0.6) is 0 Å². The van der Waals surface area contributed by atoms with E-state index < -0.39 is 23.7 Å². The maximum atomic E-state index is 11.9. The first-order valence-electron chi connectivity index (χ1n) is 7.13. The Bertz CT molecular complexity index is 586. The van der Waals surface area contributed by atoms with Gasteiger partial charge in [-0.15, -0.1) is 0 Å². The van der Waals surface area contributed by atoms with Crippen LogP contribution in [0.15, 0.2) is 18.3 Å². The maximum Gasteiger partial charge on any atom is 0.254 e. The molecule has 0 spiro atoms. The summed E-state index contributed by atoms with van der Waals surface area (Å²) >= 11 is 0. The zero-order chi connectivity index (χ0) is 16.1. The molecule has 3 rings (SSSR count). The number of nitrogens with zero attached hydrogens (tertiary/aromatic N) is 1. The van der Waals surface area contributed by atoms with E-state index in [1.54, 1.807) is 46.0 Å². The Hall–Kier alpha value is -1.99. The summed E-state index contributed by atoms with van der Waals surface area (Å²) in [5.74, 6) is -0.394. The Morgan fingerprint density at radius 3 is 2.05 bits per heavy atom. The second-order valence-electron chi connectivity index (χ2n) is 6.44. The van der Waals surface area contributed by atoms with Crippen LogP contribution in [0.3, 0.4) is 0 Å². The van der Waals surface area contributed by atoms with Gasteiger partial charge in [-0.2, -0.15) is 0 Å². The third-order valence-electron chi connectivity index (χ3n) is 3.85. The van der Waals surface area contributed by atoms with Crippen molar-refractivity contribution in [3.8, 4) is 0 Å². The third-order valence-corrected chi connectivity index (χ3v) is 3.85. The summed E-state index contributed by atoms with van der Waals surface area (Å²) in [6.45, 7) is 6.80. The van der Waals surface area contributed by atoms with Crippen molar-refractivity contribution < 1.29 is 19.1 Å². The van der Waals surface area contributed by atoms with Crippen LogP contribution in [0.2, 0.25) is 0 Å². The number of amides is 2. The van der Waals surface area contributed by atoms with Gasteiger partial charge >= 0.3 is 0 Å². The molecule has 2 atom stereocenters. The van der Waals surface area contributed by atoms with Gasteiger partial charge in [-0.25, -0.2) is 0 Å². The molecule has 7 nitrogen and oxygen atoms in total. The van der Waals surface area contributed by atoms with Crippen molar-refractivity contribution in [2.24, 2.45) is 0 Å². The normalized spacial score (nSPS) is 29.3. The van der Waals surface area contributed by atoms with Crippen molar-refractivity contribution in [3.63, 3.8) is 0 Å². The van der Waals surface area contributed by atoms with Gasteiger partial charge in [-0.3, -0.25) is 14.6 Å². The number of carbonyl (C=O) groups excluding carboxylic acids is 2. The first kappa shape index (κ1) is 14.9. The summed E-state index contributed by atoms with van der Waals surface area (Å²) in [5, 5.41) is 5.55. The van der Waals surface area contributed by atoms with Gasteiger partial charge in [0, 0.05) is 11.8 Å². The third kappa shape index (κ3) is 2.36. The van der Waals surface area contributed by atoms with Gasteiger partial charge < -0.3 is 20.1 Å². The van der Waals surface area contributed by atoms with Gasteiger partial charge in [0.2, 0.25) is 0 Å². The lowest BCUT2D eigenvalue weighted by Gasteiger charge is -2.20. The van der Waals surface area contributed by atoms with E-state index in [1.807, 2.05) is 0 Å². The molecule has 2 aliphatic rings. The van der Waals surface area contributed by atoms with Crippen molar-refractivity contribution in [3.05, 3.63) is 29.6 Å². The molecule has 2 N–H and O–H groups in total. The predicted octanol–water partition coefficient (Wildman–Crippen LogP) is 0.929. The number of aromatic nitrogens is 1. The molecule has 0 saturated carbocycles. The van der Waals surface area contributed by atoms with Crippen molar-refractivity contribution in [2.45, 2.75) is 51.4 Å². The number of ether oxygens (including phenoxy) is 2. The Labute approximate surface area is 128 Å². The standard InChI is InChI=1S/C15H19N3O4/c1-14(2)12(19)17-10(21-14)8-6-5-7-16-9(8)11-18-13(20)15(3,4)22-11/h5-7,10-11H,1-4H3,(H,17,19)(H,18,20). The average molecular weight is 305 g/mol. The lowest BCUT2D eigenvalue weighted by Crippen LogP contribution is -2.32. The molecule has 2 saturated heterocycles. The fraction of sp³-hybridized carbons (Fsp3) is 0.533. The molecule has 7 heteroatoms. The van der Waals surface area contributed by atoms with Crippen molar-refractivity contribution in [1.29, 1.82) is 0 Å². The molecule has 3 heterocycles. The van der Waals surface area contributed by atoms with E-state index in [-0.39, 0.29) is 11.8 Å². The van der Waals surface area contributed by atoms with Crippen molar-refractivity contribution in [2.75, 3.05) is 0 Å². The first-order valence-corrected chi connectivity index (χ1v) is 7.13. The molecule has 0 aliphatic carbocycles. The molecule has 1 aromatic rings. The highest BCUT2D eigenvalue weighted by atomic mass is 16.5. The monoisotopic (exact) mass is 305 g/mol. The quantitative estimate of drug-likeness (QED) is 0.848. The van der Waals surface area contributed by atoms with Gasteiger partial charge in [0.05, 0.1) is 5.69 Å². The van der Waals surface area contributed by atoms with E-state index in [4.69, 9.17) is 9.47 Å².